The van der Waals surface area contributed by atoms with Gasteiger partial charge in [-0.2, -0.15) is 0 Å². The molecular weight excluding hydrogens is 1560 g/mol. The number of carbonyl (C=O) groups excluding carboxylic acids is 4. The topological polar surface area (TPSA) is 247 Å². The molecule has 0 atom stereocenters. The Morgan fingerprint density at radius 3 is 0.900 bits per heavy atom. The SMILES string of the molecule is COC(=O)c1sc(-n2cnc3cc(Cl)ccc32)cc1OCc1ccccc1C.COC(=O)c1sc(-n2cnc3ccc(Cl)cc32)cc1OCc1ccccc1C.Cc1ccccc1COc1cc(-n2cnc3cc(Cl)ccc32)sc1C(N)=O.Cc1ccccc1COc1cc(-n2cnc3ccc(Cl)cc32)sc1C(N)=O. The van der Waals surface area contributed by atoms with Crippen LogP contribution in [-0.4, -0.2) is 76.2 Å². The van der Waals surface area contributed by atoms with Crippen molar-refractivity contribution in [3.05, 3.63) is 304 Å². The minimum absolute atomic E-state index is 0.361. The number of rotatable bonds is 20. The molecule has 16 rings (SSSR count). The van der Waals surface area contributed by atoms with Crippen molar-refractivity contribution in [1.29, 1.82) is 0 Å². The summed E-state index contributed by atoms with van der Waals surface area (Å²) in [5, 5.41) is 5.68. The van der Waals surface area contributed by atoms with Gasteiger partial charge in [-0.25, -0.2) is 29.5 Å². The summed E-state index contributed by atoms with van der Waals surface area (Å²) in [5.74, 6) is 0.0232. The Labute approximate surface area is 666 Å². The van der Waals surface area contributed by atoms with E-state index in [1.54, 1.807) is 55.6 Å². The van der Waals surface area contributed by atoms with E-state index in [4.69, 9.17) is 86.3 Å². The maximum Gasteiger partial charge on any atom is 0.351 e. The van der Waals surface area contributed by atoms with Crippen molar-refractivity contribution in [2.24, 2.45) is 11.5 Å². The molecule has 0 saturated carbocycles. The molecule has 0 bridgehead atoms. The van der Waals surface area contributed by atoms with Crippen molar-refractivity contribution in [1.82, 2.24) is 38.2 Å². The Balaban J connectivity index is 0.000000129. The average molecular weight is 1620 g/mol. The summed E-state index contributed by atoms with van der Waals surface area (Å²) in [4.78, 5) is 67.5. The van der Waals surface area contributed by atoms with Crippen LogP contribution < -0.4 is 30.4 Å². The fourth-order valence-electron chi connectivity index (χ4n) is 11.5. The first-order chi connectivity index (χ1) is 53.2. The van der Waals surface area contributed by atoms with E-state index in [0.29, 0.717) is 89.0 Å². The lowest BCUT2D eigenvalue weighted by atomic mass is 10.1. The number of hydrogen-bond donors (Lipinski definition) is 2. The standard InChI is InChI=1S/2C21H17ClN2O3S.2C20H16ClN3O2S/c1-13-5-3-4-6-14(13)11-27-18-10-19(28-20(18)21(25)26-2)24-12-23-16-9-15(22)7-8-17(16)24;1-13-5-3-4-6-14(13)11-27-18-10-19(28-20(18)21(25)26-2)24-12-23-16-8-7-15(22)9-17(16)24;1-12-4-2-3-5-13(12)10-26-17-9-18(27-19(17)20(22)25)24-11-23-15-8-14(21)6-7-16(15)24;1-12-4-2-3-5-13(12)10-26-17-9-18(27-19(17)20(22)25)24-11-23-15-7-6-14(21)8-16(15)24/h2*3-10,12H,11H2,1-2H3;2*2-9,11H,10H2,1H3,(H2,22,25). The molecule has 28 heteroatoms. The molecule has 0 radical (unpaired) electrons. The summed E-state index contributed by atoms with van der Waals surface area (Å²) in [6.07, 6.45) is 6.81. The van der Waals surface area contributed by atoms with Crippen molar-refractivity contribution in [2.75, 3.05) is 14.2 Å². The fourth-order valence-corrected chi connectivity index (χ4v) is 16.1. The molecule has 0 aliphatic heterocycles. The summed E-state index contributed by atoms with van der Waals surface area (Å²) in [6.45, 7) is 9.56. The molecule has 2 amide bonds. The number of carbonyl (C=O) groups is 4. The number of imidazole rings is 4. The van der Waals surface area contributed by atoms with Crippen LogP contribution in [0.4, 0.5) is 0 Å². The molecule has 0 aliphatic rings. The van der Waals surface area contributed by atoms with Crippen molar-refractivity contribution in [3.63, 3.8) is 0 Å². The number of aromatic nitrogens is 8. The predicted octanol–water partition coefficient (Wildman–Crippen LogP) is 20.3. The highest BCUT2D eigenvalue weighted by atomic mass is 35.5. The van der Waals surface area contributed by atoms with Crippen LogP contribution in [0.15, 0.2) is 219 Å². The second-order valence-corrected chi connectivity index (χ2v) is 30.5. The highest BCUT2D eigenvalue weighted by Gasteiger charge is 2.25. The Morgan fingerprint density at radius 2 is 0.600 bits per heavy atom. The van der Waals surface area contributed by atoms with Gasteiger partial charge in [0.1, 0.15) is 104 Å². The molecule has 556 valence electrons. The van der Waals surface area contributed by atoms with E-state index in [1.165, 1.54) is 59.6 Å². The number of fused-ring (bicyclic) bond motifs is 4. The summed E-state index contributed by atoms with van der Waals surface area (Å²) in [5.41, 5.74) is 26.6. The molecule has 20 nitrogen and oxygen atoms in total. The average Bonchev–Trinajstić information content (AvgIpc) is 1.67. The molecule has 0 fully saturated rings. The number of halogens is 4. The van der Waals surface area contributed by atoms with E-state index < -0.39 is 23.8 Å². The second-order valence-electron chi connectivity index (χ2n) is 24.7. The molecule has 0 spiro atoms. The quantitative estimate of drug-likeness (QED) is 0.0674. The van der Waals surface area contributed by atoms with Gasteiger partial charge >= 0.3 is 11.9 Å². The third kappa shape index (κ3) is 17.5. The van der Waals surface area contributed by atoms with Crippen LogP contribution >= 0.6 is 91.8 Å². The minimum Gasteiger partial charge on any atom is -0.487 e. The van der Waals surface area contributed by atoms with Crippen molar-refractivity contribution in [2.45, 2.75) is 54.1 Å². The molecule has 0 saturated heterocycles. The molecule has 8 aromatic heterocycles. The van der Waals surface area contributed by atoms with Crippen LogP contribution in [0.3, 0.4) is 0 Å². The number of ether oxygens (including phenoxy) is 6. The van der Waals surface area contributed by atoms with Gasteiger partial charge in [-0.05, 0) is 145 Å². The Bertz CT molecular complexity index is 6090. The van der Waals surface area contributed by atoms with E-state index in [0.717, 1.165) is 109 Å². The molecule has 0 aliphatic carbocycles. The van der Waals surface area contributed by atoms with Crippen LogP contribution in [-0.2, 0) is 35.9 Å². The Hall–Kier alpha value is -11.3. The van der Waals surface area contributed by atoms with E-state index in [1.807, 2.05) is 210 Å². The third-order valence-electron chi connectivity index (χ3n) is 17.5. The fraction of sp³-hybridized carbons (Fsp3) is 0.122. The van der Waals surface area contributed by atoms with Crippen LogP contribution in [0.1, 0.15) is 83.2 Å². The number of benzene rings is 8. The monoisotopic (exact) mass is 1620 g/mol. The number of thiophene rings is 4. The van der Waals surface area contributed by atoms with Gasteiger partial charge in [0.15, 0.2) is 9.75 Å². The van der Waals surface area contributed by atoms with Crippen molar-refractivity contribution in [3.8, 4) is 43.0 Å². The number of aryl methyl sites for hydroxylation is 4. The summed E-state index contributed by atoms with van der Waals surface area (Å²) < 4.78 is 41.3. The number of esters is 2. The highest BCUT2D eigenvalue weighted by molar-refractivity contribution is 7.18. The van der Waals surface area contributed by atoms with Gasteiger partial charge in [-0.3, -0.25) is 27.9 Å². The molecule has 16 aromatic rings. The predicted molar refractivity (Wildman–Crippen MR) is 438 cm³/mol. The lowest BCUT2D eigenvalue weighted by Crippen LogP contribution is -2.10. The van der Waals surface area contributed by atoms with Gasteiger partial charge in [0.2, 0.25) is 0 Å². The van der Waals surface area contributed by atoms with Gasteiger partial charge in [-0.15, -0.1) is 45.3 Å². The number of primary amides is 2. The first-order valence-electron chi connectivity index (χ1n) is 33.7. The summed E-state index contributed by atoms with van der Waals surface area (Å²) in [7, 11) is 2.72. The first-order valence-corrected chi connectivity index (χ1v) is 38.5. The Kier molecular flexibility index (Phi) is 24.1. The number of methoxy groups -OCH3 is 2. The van der Waals surface area contributed by atoms with Crippen LogP contribution in [0.25, 0.3) is 64.1 Å². The van der Waals surface area contributed by atoms with Gasteiger partial charge in [0.05, 0.1) is 58.4 Å². The zero-order chi connectivity index (χ0) is 77.3. The first kappa shape index (κ1) is 76.9. The van der Waals surface area contributed by atoms with Gasteiger partial charge < -0.3 is 39.9 Å². The minimum atomic E-state index is -0.520. The zero-order valence-corrected chi connectivity index (χ0v) is 65.9. The van der Waals surface area contributed by atoms with Crippen LogP contribution in [0.5, 0.6) is 23.0 Å². The van der Waals surface area contributed by atoms with Crippen molar-refractivity contribution < 1.29 is 47.6 Å². The van der Waals surface area contributed by atoms with Crippen LogP contribution in [0, 0.1) is 27.7 Å². The maximum absolute atomic E-state index is 12.3. The molecule has 0 unspecified atom stereocenters. The van der Waals surface area contributed by atoms with Crippen molar-refractivity contribution >= 4 is 160 Å². The number of hydrogen-bond acceptors (Lipinski definition) is 18. The molecular formula is C82H66Cl4N10O10S4. The van der Waals surface area contributed by atoms with E-state index in [9.17, 15) is 19.2 Å². The van der Waals surface area contributed by atoms with Gasteiger partial charge in [0, 0.05) is 44.4 Å². The number of nitrogens with zero attached hydrogens (tertiary/aromatic N) is 8. The number of nitrogens with two attached hydrogens (primary N) is 2. The summed E-state index contributed by atoms with van der Waals surface area (Å²) in [6, 6.07) is 61.2. The normalized spacial score (nSPS) is 11.0. The van der Waals surface area contributed by atoms with E-state index in [2.05, 4.69) is 19.9 Å². The lowest BCUT2D eigenvalue weighted by Gasteiger charge is -2.08. The van der Waals surface area contributed by atoms with Crippen LogP contribution in [0.2, 0.25) is 20.1 Å². The third-order valence-corrected chi connectivity index (χ3v) is 22.9. The smallest absolute Gasteiger partial charge is 0.351 e. The molecule has 8 heterocycles. The second kappa shape index (κ2) is 34.5. The lowest BCUT2D eigenvalue weighted by molar-refractivity contribution is 0.0592. The molecule has 8 aromatic carbocycles. The maximum atomic E-state index is 12.3. The number of amides is 2. The van der Waals surface area contributed by atoms with E-state index >= 15 is 0 Å². The van der Waals surface area contributed by atoms with Gasteiger partial charge in [-0.1, -0.05) is 143 Å². The highest BCUT2D eigenvalue weighted by Crippen LogP contribution is 2.40. The zero-order valence-electron chi connectivity index (χ0n) is 59.6. The van der Waals surface area contributed by atoms with Gasteiger partial charge in [0.25, 0.3) is 11.8 Å². The molecule has 110 heavy (non-hydrogen) atoms. The molecule has 4 N–H and O–H groups in total. The Morgan fingerprint density at radius 1 is 0.336 bits per heavy atom. The summed E-state index contributed by atoms with van der Waals surface area (Å²) >= 11 is 29.5. The largest absolute Gasteiger partial charge is 0.487 e. The van der Waals surface area contributed by atoms with E-state index in [-0.39, 0.29) is 0 Å².